The van der Waals surface area contributed by atoms with Crippen molar-refractivity contribution < 1.29 is 33.0 Å². The van der Waals surface area contributed by atoms with Gasteiger partial charge in [0.2, 0.25) is 5.60 Å². The van der Waals surface area contributed by atoms with E-state index in [4.69, 9.17) is 16.7 Å². The molecule has 2 aromatic rings. The number of carboxylic acids is 1. The quantitative estimate of drug-likeness (QED) is 0.667. The normalized spacial score (nSPS) is 13.7. The number of rotatable bonds is 5. The van der Waals surface area contributed by atoms with Crippen molar-refractivity contribution in [3.8, 4) is 0 Å². The number of benzene rings is 2. The van der Waals surface area contributed by atoms with Crippen molar-refractivity contribution in [3.63, 3.8) is 0 Å². The Hall–Kier alpha value is -2.23. The van der Waals surface area contributed by atoms with E-state index >= 15 is 0 Å². The highest BCUT2D eigenvalue weighted by Gasteiger charge is 2.55. The van der Waals surface area contributed by atoms with Gasteiger partial charge in [0.1, 0.15) is 0 Å². The number of carbonyl (C=O) groups excluding carboxylic acids is 1. The predicted molar refractivity (Wildman–Crippen MR) is 94.3 cm³/mol. The lowest BCUT2D eigenvalue weighted by atomic mass is 10.1. The molecule has 0 aliphatic rings. The minimum absolute atomic E-state index is 0.0410. The zero-order valence-corrected chi connectivity index (χ0v) is 15.2. The highest BCUT2D eigenvalue weighted by molar-refractivity contribution is 7.99. The zero-order valence-electron chi connectivity index (χ0n) is 13.7. The summed E-state index contributed by atoms with van der Waals surface area (Å²) in [5.41, 5.74) is -3.57. The van der Waals surface area contributed by atoms with Gasteiger partial charge in [-0.05, 0) is 43.3 Å². The van der Waals surface area contributed by atoms with Crippen molar-refractivity contribution in [1.29, 1.82) is 0 Å². The highest BCUT2D eigenvalue weighted by Crippen LogP contribution is 2.35. The smallest absolute Gasteiger partial charge is 0.426 e. The Morgan fingerprint density at radius 2 is 1.74 bits per heavy atom. The van der Waals surface area contributed by atoms with Crippen LogP contribution < -0.4 is 5.32 Å². The number of carbonyl (C=O) groups is 2. The first-order chi connectivity index (χ1) is 12.4. The Kier molecular flexibility index (Phi) is 6.08. The first-order valence-electron chi connectivity index (χ1n) is 7.33. The minimum Gasteiger partial charge on any atom is -0.478 e. The summed E-state index contributed by atoms with van der Waals surface area (Å²) in [6, 6.07) is 10.3. The molecular formula is C17H13ClF3NO4S. The lowest BCUT2D eigenvalue weighted by molar-refractivity contribution is -0.242. The molecule has 1 amide bonds. The third-order valence-electron chi connectivity index (χ3n) is 3.50. The molecule has 144 valence electrons. The molecule has 0 aromatic heterocycles. The Balaban J connectivity index is 2.17. The molecule has 0 bridgehead atoms. The molecule has 0 fully saturated rings. The standard InChI is InChI=1S/C17H13ClF3NO4S/c1-16(26,17(19,20)21)15(25)22-13-6-5-11(8-12(13)18)27-10-4-2-3-9(7-10)14(23)24/h2-8,26H,1H3,(H,22,25)(H,23,24). The lowest BCUT2D eigenvalue weighted by Gasteiger charge is -2.25. The zero-order chi connectivity index (χ0) is 20.4. The van der Waals surface area contributed by atoms with E-state index in [9.17, 15) is 27.9 Å². The van der Waals surface area contributed by atoms with Crippen LogP contribution in [0.25, 0.3) is 0 Å². The molecule has 10 heteroatoms. The first kappa shape index (κ1) is 21.1. The second kappa shape index (κ2) is 7.79. The number of hydrogen-bond acceptors (Lipinski definition) is 4. The third kappa shape index (κ3) is 4.94. The SMILES string of the molecule is CC(O)(C(=O)Nc1ccc(Sc2cccc(C(=O)O)c2)cc1Cl)C(F)(F)F. The molecule has 1 unspecified atom stereocenters. The molecule has 0 radical (unpaired) electrons. The van der Waals surface area contributed by atoms with Gasteiger partial charge in [-0.2, -0.15) is 13.2 Å². The maximum absolute atomic E-state index is 12.7. The van der Waals surface area contributed by atoms with Crippen LogP contribution in [0, 0.1) is 0 Å². The van der Waals surface area contributed by atoms with Gasteiger partial charge >= 0.3 is 12.1 Å². The van der Waals surface area contributed by atoms with Crippen molar-refractivity contribution >= 4 is 40.9 Å². The number of anilines is 1. The van der Waals surface area contributed by atoms with Gasteiger partial charge in [0.15, 0.2) is 0 Å². The van der Waals surface area contributed by atoms with Crippen molar-refractivity contribution in [1.82, 2.24) is 0 Å². The summed E-state index contributed by atoms with van der Waals surface area (Å²) in [6.45, 7) is 0.343. The van der Waals surface area contributed by atoms with Gasteiger partial charge in [-0.3, -0.25) is 4.79 Å². The van der Waals surface area contributed by atoms with Gasteiger partial charge in [-0.25, -0.2) is 4.79 Å². The van der Waals surface area contributed by atoms with Gasteiger partial charge in [-0.15, -0.1) is 0 Å². The van der Waals surface area contributed by atoms with Crippen LogP contribution in [-0.2, 0) is 4.79 Å². The van der Waals surface area contributed by atoms with Crippen LogP contribution in [0.15, 0.2) is 52.3 Å². The summed E-state index contributed by atoms with van der Waals surface area (Å²) < 4.78 is 38.1. The largest absolute Gasteiger partial charge is 0.478 e. The van der Waals surface area contributed by atoms with Crippen LogP contribution in [0.3, 0.4) is 0 Å². The molecule has 0 aliphatic carbocycles. The van der Waals surface area contributed by atoms with E-state index in [1.54, 1.807) is 12.1 Å². The molecule has 0 aliphatic heterocycles. The summed E-state index contributed by atoms with van der Waals surface area (Å²) in [7, 11) is 0. The molecule has 0 spiro atoms. The molecule has 1 atom stereocenters. The summed E-state index contributed by atoms with van der Waals surface area (Å²) in [5, 5.41) is 20.3. The Morgan fingerprint density at radius 1 is 1.11 bits per heavy atom. The van der Waals surface area contributed by atoms with Gasteiger partial charge < -0.3 is 15.5 Å². The highest BCUT2D eigenvalue weighted by atomic mass is 35.5. The first-order valence-corrected chi connectivity index (χ1v) is 8.52. The van der Waals surface area contributed by atoms with Crippen LogP contribution in [0.2, 0.25) is 5.02 Å². The Bertz CT molecular complexity index is 887. The molecule has 2 aromatic carbocycles. The maximum Gasteiger partial charge on any atom is 0.426 e. The Labute approximate surface area is 161 Å². The minimum atomic E-state index is -5.14. The summed E-state index contributed by atoms with van der Waals surface area (Å²) in [6.07, 6.45) is -5.14. The summed E-state index contributed by atoms with van der Waals surface area (Å²) >= 11 is 7.18. The average molecular weight is 420 g/mol. The molecular weight excluding hydrogens is 407 g/mol. The number of aliphatic hydroxyl groups is 1. The number of aromatic carboxylic acids is 1. The fourth-order valence-corrected chi connectivity index (χ4v) is 3.07. The van der Waals surface area contributed by atoms with Crippen LogP contribution in [0.5, 0.6) is 0 Å². The van der Waals surface area contributed by atoms with Crippen LogP contribution in [0.1, 0.15) is 17.3 Å². The number of nitrogens with one attached hydrogen (secondary N) is 1. The molecule has 5 nitrogen and oxygen atoms in total. The van der Waals surface area contributed by atoms with Crippen molar-refractivity contribution in [3.05, 3.63) is 53.1 Å². The second-order valence-electron chi connectivity index (χ2n) is 5.60. The fraction of sp³-hybridized carbons (Fsp3) is 0.176. The Morgan fingerprint density at radius 3 is 2.30 bits per heavy atom. The van der Waals surface area contributed by atoms with Gasteiger partial charge in [0.25, 0.3) is 5.91 Å². The number of carboxylic acid groups (broad SMARTS) is 1. The van der Waals surface area contributed by atoms with E-state index in [1.807, 2.05) is 5.32 Å². The molecule has 3 N–H and O–H groups in total. The average Bonchev–Trinajstić information content (AvgIpc) is 2.56. The fourth-order valence-electron chi connectivity index (χ4n) is 1.86. The van der Waals surface area contributed by atoms with Crippen LogP contribution in [0.4, 0.5) is 18.9 Å². The molecule has 0 heterocycles. The van der Waals surface area contributed by atoms with E-state index in [0.717, 1.165) is 0 Å². The summed E-state index contributed by atoms with van der Waals surface area (Å²) in [4.78, 5) is 23.9. The van der Waals surface area contributed by atoms with E-state index in [0.29, 0.717) is 16.7 Å². The number of alkyl halides is 3. The second-order valence-corrected chi connectivity index (χ2v) is 7.15. The van der Waals surface area contributed by atoms with Gasteiger partial charge in [-0.1, -0.05) is 29.4 Å². The topological polar surface area (TPSA) is 86.6 Å². The van der Waals surface area contributed by atoms with Gasteiger partial charge in [0.05, 0.1) is 16.3 Å². The maximum atomic E-state index is 12.7. The third-order valence-corrected chi connectivity index (χ3v) is 4.79. The van der Waals surface area contributed by atoms with Crippen molar-refractivity contribution in [2.24, 2.45) is 0 Å². The van der Waals surface area contributed by atoms with Crippen molar-refractivity contribution in [2.75, 3.05) is 5.32 Å². The number of hydrogen-bond donors (Lipinski definition) is 3. The van der Waals surface area contributed by atoms with E-state index in [-0.39, 0.29) is 16.3 Å². The van der Waals surface area contributed by atoms with Crippen LogP contribution >= 0.6 is 23.4 Å². The van der Waals surface area contributed by atoms with Crippen LogP contribution in [-0.4, -0.2) is 33.9 Å². The monoisotopic (exact) mass is 419 g/mol. The molecule has 0 saturated carbocycles. The van der Waals surface area contributed by atoms with Crippen molar-refractivity contribution in [2.45, 2.75) is 28.5 Å². The summed E-state index contributed by atoms with van der Waals surface area (Å²) in [5.74, 6) is -2.74. The molecule has 0 saturated heterocycles. The number of amides is 1. The molecule has 2 rings (SSSR count). The van der Waals surface area contributed by atoms with E-state index in [1.165, 1.54) is 42.1 Å². The lowest BCUT2D eigenvalue weighted by Crippen LogP contribution is -2.52. The van der Waals surface area contributed by atoms with E-state index < -0.39 is 23.7 Å². The van der Waals surface area contributed by atoms with E-state index in [2.05, 4.69) is 0 Å². The predicted octanol–water partition coefficient (Wildman–Crippen LogP) is 4.44. The van der Waals surface area contributed by atoms with Gasteiger partial charge in [0, 0.05) is 9.79 Å². The number of halogens is 4. The molecule has 27 heavy (non-hydrogen) atoms.